The Bertz CT molecular complexity index is 526. The molecule has 0 radical (unpaired) electrons. The van der Waals surface area contributed by atoms with Crippen molar-refractivity contribution in [3.8, 4) is 0 Å². The second-order valence-corrected chi connectivity index (χ2v) is 5.12. The molecule has 3 heteroatoms. The molecule has 1 aliphatic heterocycles. The van der Waals surface area contributed by atoms with E-state index in [0.29, 0.717) is 6.04 Å². The third kappa shape index (κ3) is 2.27. The highest BCUT2D eigenvalue weighted by Crippen LogP contribution is 2.20. The Morgan fingerprint density at radius 3 is 3.06 bits per heavy atom. The first-order valence-electron chi connectivity index (χ1n) is 6.81. The molecule has 0 spiro atoms. The van der Waals surface area contributed by atoms with Gasteiger partial charge in [-0.2, -0.15) is 0 Å². The molecule has 1 aliphatic rings. The van der Waals surface area contributed by atoms with Gasteiger partial charge in [-0.1, -0.05) is 12.5 Å². The smallest absolute Gasteiger partial charge is 0.132 e. The third-order valence-electron chi connectivity index (χ3n) is 3.89. The summed E-state index contributed by atoms with van der Waals surface area (Å²) < 4.78 is 15.7. The van der Waals surface area contributed by atoms with Crippen molar-refractivity contribution < 1.29 is 4.39 Å². The fraction of sp³-hybridized carbons (Fsp3) is 0.467. The highest BCUT2D eigenvalue weighted by Gasteiger charge is 2.13. The topological polar surface area (TPSA) is 17.0 Å². The number of benzene rings is 1. The first kappa shape index (κ1) is 11.7. The molecular weight excluding hydrogens is 227 g/mol. The van der Waals surface area contributed by atoms with Crippen LogP contribution >= 0.6 is 0 Å². The number of hydrogen-bond donors (Lipinski definition) is 1. The van der Waals surface area contributed by atoms with Crippen molar-refractivity contribution in [2.24, 2.45) is 0 Å². The Labute approximate surface area is 107 Å². The van der Waals surface area contributed by atoms with Gasteiger partial charge in [0.1, 0.15) is 5.82 Å². The van der Waals surface area contributed by atoms with Crippen LogP contribution in [0.15, 0.2) is 30.5 Å². The maximum Gasteiger partial charge on any atom is 0.132 e. The molecule has 1 aromatic carbocycles. The van der Waals surface area contributed by atoms with Crippen molar-refractivity contribution in [1.82, 2.24) is 9.88 Å². The summed E-state index contributed by atoms with van der Waals surface area (Å²) in [5.74, 6) is -0.123. The van der Waals surface area contributed by atoms with Crippen LogP contribution in [0.25, 0.3) is 10.9 Å². The minimum atomic E-state index is -0.123. The van der Waals surface area contributed by atoms with Crippen LogP contribution in [0.1, 0.15) is 25.7 Å². The summed E-state index contributed by atoms with van der Waals surface area (Å²) in [4.78, 5) is 0. The minimum Gasteiger partial charge on any atom is -0.347 e. The van der Waals surface area contributed by atoms with Gasteiger partial charge < -0.3 is 9.88 Å². The van der Waals surface area contributed by atoms with E-state index < -0.39 is 0 Å². The molecule has 2 aromatic rings. The maximum absolute atomic E-state index is 13.6. The minimum absolute atomic E-state index is 0.123. The van der Waals surface area contributed by atoms with E-state index in [4.69, 9.17) is 0 Å². The number of nitrogens with zero attached hydrogens (tertiary/aromatic N) is 1. The molecule has 96 valence electrons. The predicted octanol–water partition coefficient (Wildman–Crippen LogP) is 3.31. The lowest BCUT2D eigenvalue weighted by atomic mass is 10.0. The van der Waals surface area contributed by atoms with Crippen LogP contribution < -0.4 is 5.32 Å². The van der Waals surface area contributed by atoms with E-state index in [0.717, 1.165) is 30.4 Å². The normalized spacial score (nSPS) is 20.4. The zero-order valence-corrected chi connectivity index (χ0v) is 10.5. The van der Waals surface area contributed by atoms with Crippen molar-refractivity contribution in [1.29, 1.82) is 0 Å². The van der Waals surface area contributed by atoms with Crippen molar-refractivity contribution in [3.63, 3.8) is 0 Å². The van der Waals surface area contributed by atoms with E-state index >= 15 is 0 Å². The first-order valence-corrected chi connectivity index (χ1v) is 6.81. The summed E-state index contributed by atoms with van der Waals surface area (Å²) in [6, 6.07) is 7.80. The fourth-order valence-electron chi connectivity index (χ4n) is 2.85. The highest BCUT2D eigenvalue weighted by molar-refractivity contribution is 5.80. The number of fused-ring (bicyclic) bond motifs is 1. The molecule has 1 aromatic heterocycles. The van der Waals surface area contributed by atoms with E-state index in [2.05, 4.69) is 9.88 Å². The predicted molar refractivity (Wildman–Crippen MR) is 72.2 cm³/mol. The van der Waals surface area contributed by atoms with Crippen LogP contribution in [0.4, 0.5) is 4.39 Å². The summed E-state index contributed by atoms with van der Waals surface area (Å²) in [7, 11) is 0. The van der Waals surface area contributed by atoms with Gasteiger partial charge in [0.05, 0.1) is 5.52 Å². The summed E-state index contributed by atoms with van der Waals surface area (Å²) in [6.45, 7) is 2.11. The van der Waals surface area contributed by atoms with Gasteiger partial charge in [0.15, 0.2) is 0 Å². The van der Waals surface area contributed by atoms with Crippen molar-refractivity contribution >= 4 is 10.9 Å². The van der Waals surface area contributed by atoms with Gasteiger partial charge in [0.25, 0.3) is 0 Å². The van der Waals surface area contributed by atoms with E-state index in [9.17, 15) is 4.39 Å². The van der Waals surface area contributed by atoms with Gasteiger partial charge in [0, 0.05) is 24.2 Å². The van der Waals surface area contributed by atoms with Crippen LogP contribution in [0, 0.1) is 5.82 Å². The van der Waals surface area contributed by atoms with Gasteiger partial charge in [-0.15, -0.1) is 0 Å². The van der Waals surface area contributed by atoms with Crippen LogP contribution in [0.3, 0.4) is 0 Å². The summed E-state index contributed by atoms with van der Waals surface area (Å²) >= 11 is 0. The molecule has 3 rings (SSSR count). The van der Waals surface area contributed by atoms with Gasteiger partial charge in [-0.05, 0) is 44.0 Å². The fourth-order valence-corrected chi connectivity index (χ4v) is 2.85. The highest BCUT2D eigenvalue weighted by atomic mass is 19.1. The molecule has 0 saturated carbocycles. The molecule has 1 atom stereocenters. The number of nitrogens with one attached hydrogen (secondary N) is 1. The van der Waals surface area contributed by atoms with Crippen LogP contribution in [-0.2, 0) is 6.54 Å². The molecule has 18 heavy (non-hydrogen) atoms. The summed E-state index contributed by atoms with van der Waals surface area (Å²) in [5.41, 5.74) is 1.01. The van der Waals surface area contributed by atoms with Crippen LogP contribution in [-0.4, -0.2) is 17.2 Å². The molecule has 0 bridgehead atoms. The zero-order valence-electron chi connectivity index (χ0n) is 10.5. The molecule has 1 N–H and O–H groups in total. The van der Waals surface area contributed by atoms with Crippen molar-refractivity contribution in [2.45, 2.75) is 38.3 Å². The van der Waals surface area contributed by atoms with E-state index in [-0.39, 0.29) is 5.82 Å². The molecule has 2 heterocycles. The second-order valence-electron chi connectivity index (χ2n) is 5.12. The van der Waals surface area contributed by atoms with E-state index in [1.54, 1.807) is 6.07 Å². The number of piperidine rings is 1. The monoisotopic (exact) mass is 246 g/mol. The standard InChI is InChI=1S/C15H19FN2/c16-14-5-3-6-15-13(14)8-11-18(15)10-7-12-4-1-2-9-17-12/h3,5-6,8,11-12,17H,1-2,4,7,9-10H2. The number of rotatable bonds is 3. The van der Waals surface area contributed by atoms with Gasteiger partial charge in [-0.25, -0.2) is 4.39 Å². The lowest BCUT2D eigenvalue weighted by Gasteiger charge is -2.23. The lowest BCUT2D eigenvalue weighted by Crippen LogP contribution is -2.34. The number of aryl methyl sites for hydroxylation is 1. The Balaban J connectivity index is 1.72. The largest absolute Gasteiger partial charge is 0.347 e. The molecule has 1 saturated heterocycles. The Kier molecular flexibility index (Phi) is 3.33. The van der Waals surface area contributed by atoms with E-state index in [1.165, 1.54) is 25.3 Å². The molecule has 1 unspecified atom stereocenters. The molecule has 0 aliphatic carbocycles. The third-order valence-corrected chi connectivity index (χ3v) is 3.89. The second kappa shape index (κ2) is 5.11. The average molecular weight is 246 g/mol. The number of hydrogen-bond acceptors (Lipinski definition) is 1. The van der Waals surface area contributed by atoms with Gasteiger partial charge >= 0.3 is 0 Å². The molecule has 2 nitrogen and oxygen atoms in total. The lowest BCUT2D eigenvalue weighted by molar-refractivity contribution is 0.368. The Morgan fingerprint density at radius 1 is 1.28 bits per heavy atom. The summed E-state index contributed by atoms with van der Waals surface area (Å²) in [5, 5.41) is 4.28. The Morgan fingerprint density at radius 2 is 2.22 bits per heavy atom. The maximum atomic E-state index is 13.6. The van der Waals surface area contributed by atoms with Crippen LogP contribution in [0.5, 0.6) is 0 Å². The first-order chi connectivity index (χ1) is 8.84. The molecule has 1 fully saturated rings. The van der Waals surface area contributed by atoms with Crippen molar-refractivity contribution in [3.05, 3.63) is 36.3 Å². The number of aromatic nitrogens is 1. The van der Waals surface area contributed by atoms with Crippen LogP contribution in [0.2, 0.25) is 0 Å². The van der Waals surface area contributed by atoms with Gasteiger partial charge in [-0.3, -0.25) is 0 Å². The SMILES string of the molecule is Fc1cccc2c1ccn2CCC1CCCCN1. The number of halogens is 1. The zero-order chi connectivity index (χ0) is 12.4. The van der Waals surface area contributed by atoms with Crippen molar-refractivity contribution in [2.75, 3.05) is 6.54 Å². The quantitative estimate of drug-likeness (QED) is 0.879. The molecular formula is C15H19FN2. The Hall–Kier alpha value is -1.35. The molecule has 0 amide bonds. The van der Waals surface area contributed by atoms with Gasteiger partial charge in [0.2, 0.25) is 0 Å². The average Bonchev–Trinajstić information content (AvgIpc) is 2.82. The van der Waals surface area contributed by atoms with E-state index in [1.807, 2.05) is 18.3 Å². The summed E-state index contributed by atoms with van der Waals surface area (Å²) in [6.07, 6.45) is 7.03.